The van der Waals surface area contributed by atoms with E-state index in [0.717, 1.165) is 12.8 Å². The van der Waals surface area contributed by atoms with Crippen molar-refractivity contribution >= 4 is 11.7 Å². The van der Waals surface area contributed by atoms with Crippen LogP contribution in [-0.2, 0) is 4.79 Å². The fourth-order valence-corrected chi connectivity index (χ4v) is 1.05. The Hall–Kier alpha value is -0.900. The first kappa shape index (κ1) is 13.1. The minimum atomic E-state index is -1.43. The number of carbonyl (C=O) groups excluding carboxylic acids is 1. The van der Waals surface area contributed by atoms with E-state index < -0.39 is 11.5 Å². The van der Waals surface area contributed by atoms with Crippen molar-refractivity contribution in [3.8, 4) is 0 Å². The van der Waals surface area contributed by atoms with Crippen LogP contribution in [-0.4, -0.2) is 22.5 Å². The molecule has 14 heavy (non-hydrogen) atoms. The van der Waals surface area contributed by atoms with Crippen molar-refractivity contribution in [2.24, 2.45) is 16.6 Å². The third-order valence-corrected chi connectivity index (χ3v) is 2.16. The van der Waals surface area contributed by atoms with Crippen molar-refractivity contribution in [3.05, 3.63) is 0 Å². The molecule has 0 aromatic heterocycles. The normalized spacial score (nSPS) is 13.4. The van der Waals surface area contributed by atoms with Gasteiger partial charge < -0.3 is 10.8 Å². The highest BCUT2D eigenvalue weighted by Gasteiger charge is 2.24. The molecular formula is C10H20N2O2. The molecule has 0 heterocycles. The fraction of sp³-hybridized carbons (Fsp3) is 0.800. The Morgan fingerprint density at radius 1 is 1.43 bits per heavy atom. The molecule has 0 rings (SSSR count). The number of nitrogens with zero attached hydrogens (tertiary/aromatic N) is 1. The summed E-state index contributed by atoms with van der Waals surface area (Å²) in [4.78, 5) is 15.0. The first-order valence-electron chi connectivity index (χ1n) is 4.93. The van der Waals surface area contributed by atoms with Crippen LogP contribution in [0.25, 0.3) is 0 Å². The van der Waals surface area contributed by atoms with E-state index in [-0.39, 0.29) is 5.92 Å². The highest BCUT2D eigenvalue weighted by molar-refractivity contribution is 5.97. The van der Waals surface area contributed by atoms with Crippen molar-refractivity contribution in [1.82, 2.24) is 0 Å². The summed E-state index contributed by atoms with van der Waals surface area (Å²) in [6.45, 7) is 6.79. The second-order valence-electron chi connectivity index (χ2n) is 3.91. The molecular weight excluding hydrogens is 180 g/mol. The molecule has 0 atom stereocenters. The molecule has 82 valence electrons. The molecule has 0 saturated heterocycles. The van der Waals surface area contributed by atoms with Gasteiger partial charge in [-0.3, -0.25) is 4.79 Å². The first-order valence-corrected chi connectivity index (χ1v) is 4.93. The van der Waals surface area contributed by atoms with Crippen LogP contribution in [0, 0.1) is 5.92 Å². The van der Waals surface area contributed by atoms with Crippen LogP contribution >= 0.6 is 0 Å². The predicted molar refractivity (Wildman–Crippen MR) is 57.0 cm³/mol. The van der Waals surface area contributed by atoms with Gasteiger partial charge in [0, 0.05) is 5.92 Å². The number of rotatable bonds is 4. The minimum Gasteiger partial charge on any atom is -0.387 e. The molecule has 0 aliphatic heterocycles. The third kappa shape index (κ3) is 3.87. The Balaban J connectivity index is 4.59. The van der Waals surface area contributed by atoms with E-state index in [9.17, 15) is 9.90 Å². The van der Waals surface area contributed by atoms with Crippen molar-refractivity contribution in [2.45, 2.75) is 46.1 Å². The summed E-state index contributed by atoms with van der Waals surface area (Å²) in [5, 5.41) is 9.35. The number of amidine groups is 1. The van der Waals surface area contributed by atoms with Crippen LogP contribution in [0.5, 0.6) is 0 Å². The Morgan fingerprint density at radius 2 is 1.86 bits per heavy atom. The molecule has 4 heteroatoms. The van der Waals surface area contributed by atoms with E-state index in [1.54, 1.807) is 0 Å². The predicted octanol–water partition coefficient (Wildman–Crippen LogP) is 1.08. The first-order chi connectivity index (χ1) is 6.32. The summed E-state index contributed by atoms with van der Waals surface area (Å²) in [5.41, 5.74) is 4.22. The lowest BCUT2D eigenvalue weighted by atomic mass is 10.0. The van der Waals surface area contributed by atoms with Crippen LogP contribution in [0.3, 0.4) is 0 Å². The maximum atomic E-state index is 11.3. The van der Waals surface area contributed by atoms with Crippen LogP contribution in [0.1, 0.15) is 40.5 Å². The molecule has 0 fully saturated rings. The van der Waals surface area contributed by atoms with Crippen LogP contribution in [0.15, 0.2) is 4.99 Å². The molecule has 0 aliphatic carbocycles. The van der Waals surface area contributed by atoms with Gasteiger partial charge in [-0.15, -0.1) is 0 Å². The van der Waals surface area contributed by atoms with Gasteiger partial charge in [-0.1, -0.05) is 13.8 Å². The van der Waals surface area contributed by atoms with Crippen molar-refractivity contribution in [2.75, 3.05) is 0 Å². The second-order valence-corrected chi connectivity index (χ2v) is 3.91. The van der Waals surface area contributed by atoms with Gasteiger partial charge in [0.15, 0.2) is 0 Å². The third-order valence-electron chi connectivity index (χ3n) is 2.16. The van der Waals surface area contributed by atoms with Crippen LogP contribution in [0.2, 0.25) is 0 Å². The summed E-state index contributed by atoms with van der Waals surface area (Å²) in [6.07, 6.45) is 1.70. The lowest BCUT2D eigenvalue weighted by Gasteiger charge is -2.15. The highest BCUT2D eigenvalue weighted by Crippen LogP contribution is 2.10. The van der Waals surface area contributed by atoms with Crippen molar-refractivity contribution in [3.63, 3.8) is 0 Å². The van der Waals surface area contributed by atoms with Gasteiger partial charge in [0.05, 0.1) is 0 Å². The molecule has 0 aromatic rings. The molecule has 0 unspecified atom stereocenters. The van der Waals surface area contributed by atoms with Crippen molar-refractivity contribution < 1.29 is 9.90 Å². The monoisotopic (exact) mass is 200 g/mol. The standard InChI is InChI=1S/C10H20N2O2/c1-5-7(6-2)8(11)12-9(13)10(3,4)14/h7,14H,5-6H2,1-4H3,(H2,11,12,13). The van der Waals surface area contributed by atoms with E-state index in [2.05, 4.69) is 4.99 Å². The SMILES string of the molecule is CCC(CC)/C(N)=N/C(=O)C(C)(C)O. The topological polar surface area (TPSA) is 75.7 Å². The molecule has 3 N–H and O–H groups in total. The summed E-state index contributed by atoms with van der Waals surface area (Å²) >= 11 is 0. The van der Waals surface area contributed by atoms with Gasteiger partial charge in [0.25, 0.3) is 5.91 Å². The Labute approximate surface area is 85.2 Å². The highest BCUT2D eigenvalue weighted by atomic mass is 16.3. The zero-order chi connectivity index (χ0) is 11.4. The Morgan fingerprint density at radius 3 is 2.14 bits per heavy atom. The second kappa shape index (κ2) is 5.10. The quantitative estimate of drug-likeness (QED) is 0.526. The Bertz CT molecular complexity index is 225. The van der Waals surface area contributed by atoms with Crippen LogP contribution < -0.4 is 5.73 Å². The van der Waals surface area contributed by atoms with Gasteiger partial charge in [-0.2, -0.15) is 4.99 Å². The van der Waals surface area contributed by atoms with Gasteiger partial charge in [-0.05, 0) is 26.7 Å². The number of nitrogens with two attached hydrogens (primary N) is 1. The molecule has 0 aromatic carbocycles. The smallest absolute Gasteiger partial charge is 0.278 e. The lowest BCUT2D eigenvalue weighted by molar-refractivity contribution is -0.132. The number of aliphatic imine (C=N–C) groups is 1. The summed E-state index contributed by atoms with van der Waals surface area (Å²) in [6, 6.07) is 0. The zero-order valence-electron chi connectivity index (χ0n) is 9.37. The van der Waals surface area contributed by atoms with E-state index in [1.807, 2.05) is 13.8 Å². The minimum absolute atomic E-state index is 0.126. The van der Waals surface area contributed by atoms with E-state index >= 15 is 0 Å². The van der Waals surface area contributed by atoms with Gasteiger partial charge in [0.2, 0.25) is 0 Å². The molecule has 0 radical (unpaired) electrons. The molecule has 0 aliphatic rings. The van der Waals surface area contributed by atoms with Crippen LogP contribution in [0.4, 0.5) is 0 Å². The number of hydrogen-bond acceptors (Lipinski definition) is 2. The largest absolute Gasteiger partial charge is 0.387 e. The van der Waals surface area contributed by atoms with Gasteiger partial charge in [-0.25, -0.2) is 0 Å². The zero-order valence-corrected chi connectivity index (χ0v) is 9.37. The Kier molecular flexibility index (Phi) is 4.77. The number of carbonyl (C=O) groups is 1. The maximum Gasteiger partial charge on any atom is 0.278 e. The van der Waals surface area contributed by atoms with E-state index in [0.29, 0.717) is 5.84 Å². The fourth-order valence-electron chi connectivity index (χ4n) is 1.05. The number of aliphatic hydroxyl groups is 1. The average Bonchev–Trinajstić information content (AvgIpc) is 2.04. The number of hydrogen-bond donors (Lipinski definition) is 2. The van der Waals surface area contributed by atoms with Gasteiger partial charge >= 0.3 is 0 Å². The summed E-state index contributed by atoms with van der Waals surface area (Å²) in [7, 11) is 0. The molecule has 0 bridgehead atoms. The summed E-state index contributed by atoms with van der Waals surface area (Å²) < 4.78 is 0. The molecule has 0 saturated carbocycles. The van der Waals surface area contributed by atoms with Crippen molar-refractivity contribution in [1.29, 1.82) is 0 Å². The van der Waals surface area contributed by atoms with E-state index in [1.165, 1.54) is 13.8 Å². The van der Waals surface area contributed by atoms with Gasteiger partial charge in [0.1, 0.15) is 11.4 Å². The molecule has 4 nitrogen and oxygen atoms in total. The summed E-state index contributed by atoms with van der Waals surface area (Å²) in [5.74, 6) is -0.134. The number of amides is 1. The molecule has 0 spiro atoms. The maximum absolute atomic E-state index is 11.3. The lowest BCUT2D eigenvalue weighted by Crippen LogP contribution is -2.33. The average molecular weight is 200 g/mol. The molecule has 1 amide bonds. The van der Waals surface area contributed by atoms with E-state index in [4.69, 9.17) is 5.73 Å².